The number of carbonyl (C=O) groups excluding carboxylic acids is 2. The summed E-state index contributed by atoms with van der Waals surface area (Å²) in [7, 11) is 0. The number of nitrogens with one attached hydrogen (secondary N) is 1. The number of carbonyl (C=O) groups is 2. The van der Waals surface area contributed by atoms with E-state index in [2.05, 4.69) is 22.2 Å². The number of aromatic nitrogens is 2. The van der Waals surface area contributed by atoms with Gasteiger partial charge in [-0.15, -0.1) is 0 Å². The highest BCUT2D eigenvalue weighted by molar-refractivity contribution is 6.31. The van der Waals surface area contributed by atoms with Gasteiger partial charge in [0.05, 0.1) is 12.2 Å². The third-order valence-electron chi connectivity index (χ3n) is 5.22. The molecule has 0 aromatic carbocycles. The van der Waals surface area contributed by atoms with Gasteiger partial charge in [-0.05, 0) is 32.3 Å². The molecule has 0 unspecified atom stereocenters. The first kappa shape index (κ1) is 20.9. The summed E-state index contributed by atoms with van der Waals surface area (Å²) < 4.78 is 1.80. The van der Waals surface area contributed by atoms with Crippen LogP contribution in [0, 0.1) is 6.92 Å². The summed E-state index contributed by atoms with van der Waals surface area (Å²) in [5.41, 5.74) is 1.64. The van der Waals surface area contributed by atoms with Crippen LogP contribution in [0.3, 0.4) is 0 Å². The number of rotatable bonds is 8. The van der Waals surface area contributed by atoms with Crippen LogP contribution in [-0.2, 0) is 16.1 Å². The largest absolute Gasteiger partial charge is 0.352 e. The molecule has 0 radical (unpaired) electrons. The van der Waals surface area contributed by atoms with E-state index in [0.29, 0.717) is 43.9 Å². The molecule has 1 aromatic heterocycles. The molecule has 1 aliphatic carbocycles. The number of hydrogen-bond acceptors (Lipinski definition) is 4. The van der Waals surface area contributed by atoms with Gasteiger partial charge >= 0.3 is 0 Å². The predicted octanol–water partition coefficient (Wildman–Crippen LogP) is 2.08. The molecule has 2 heterocycles. The highest BCUT2D eigenvalue weighted by atomic mass is 35.5. The molecule has 154 valence electrons. The van der Waals surface area contributed by atoms with Crippen molar-refractivity contribution in [3.63, 3.8) is 0 Å². The normalized spacial score (nSPS) is 18.0. The second-order valence-electron chi connectivity index (χ2n) is 7.64. The van der Waals surface area contributed by atoms with Gasteiger partial charge in [0.1, 0.15) is 5.15 Å². The van der Waals surface area contributed by atoms with Crippen molar-refractivity contribution in [1.82, 2.24) is 24.9 Å². The first-order valence-corrected chi connectivity index (χ1v) is 10.6. The standard InChI is InChI=1S/C20H30ClN5O2/c1-3-4-9-26-20(21)17(15(2)23-26)7-8-19(28)25-12-10-24(11-13-25)14-18(27)22-16-5-6-16/h7-8,16H,3-6,9-14H2,1-2H3,(H,22,27). The fourth-order valence-corrected chi connectivity index (χ4v) is 3.63. The lowest BCUT2D eigenvalue weighted by Gasteiger charge is -2.33. The van der Waals surface area contributed by atoms with Crippen molar-refractivity contribution < 1.29 is 9.59 Å². The number of amides is 2. The number of unbranched alkanes of at least 4 members (excludes halogenated alkanes) is 1. The van der Waals surface area contributed by atoms with Crippen molar-refractivity contribution in [3.05, 3.63) is 22.5 Å². The summed E-state index contributed by atoms with van der Waals surface area (Å²) in [6, 6.07) is 0.391. The minimum atomic E-state index is -0.0288. The highest BCUT2D eigenvalue weighted by Gasteiger charge is 2.26. The van der Waals surface area contributed by atoms with Crippen molar-refractivity contribution in [2.24, 2.45) is 0 Å². The first-order valence-electron chi connectivity index (χ1n) is 10.2. The summed E-state index contributed by atoms with van der Waals surface area (Å²) in [6.45, 7) is 7.92. The lowest BCUT2D eigenvalue weighted by molar-refractivity contribution is -0.128. The molecule has 8 heteroatoms. The Kier molecular flexibility index (Phi) is 7.13. The van der Waals surface area contributed by atoms with Crippen molar-refractivity contribution in [2.75, 3.05) is 32.7 Å². The SMILES string of the molecule is CCCCn1nc(C)c(C=CC(=O)N2CCN(CC(=O)NC3CC3)CC2)c1Cl. The van der Waals surface area contributed by atoms with Gasteiger partial charge in [0.2, 0.25) is 11.8 Å². The first-order chi connectivity index (χ1) is 13.5. The van der Waals surface area contributed by atoms with E-state index in [1.807, 2.05) is 11.8 Å². The third-order valence-corrected chi connectivity index (χ3v) is 5.62. The van der Waals surface area contributed by atoms with Gasteiger partial charge in [-0.3, -0.25) is 19.2 Å². The van der Waals surface area contributed by atoms with Gasteiger partial charge in [-0.2, -0.15) is 5.10 Å². The Labute approximate surface area is 171 Å². The fourth-order valence-electron chi connectivity index (χ4n) is 3.30. The molecule has 1 N–H and O–H groups in total. The van der Waals surface area contributed by atoms with E-state index in [4.69, 9.17) is 11.6 Å². The van der Waals surface area contributed by atoms with E-state index in [-0.39, 0.29) is 11.8 Å². The lowest BCUT2D eigenvalue weighted by Crippen LogP contribution is -2.51. The minimum absolute atomic E-state index is 0.0288. The highest BCUT2D eigenvalue weighted by Crippen LogP contribution is 2.22. The number of nitrogens with zero attached hydrogens (tertiary/aromatic N) is 4. The van der Waals surface area contributed by atoms with E-state index in [1.54, 1.807) is 16.8 Å². The van der Waals surface area contributed by atoms with E-state index < -0.39 is 0 Å². The predicted molar refractivity (Wildman–Crippen MR) is 110 cm³/mol. The summed E-state index contributed by atoms with van der Waals surface area (Å²) in [5.74, 6) is 0.0613. The van der Waals surface area contributed by atoms with Crippen LogP contribution >= 0.6 is 11.6 Å². The van der Waals surface area contributed by atoms with Crippen LogP contribution in [0.15, 0.2) is 6.08 Å². The van der Waals surface area contributed by atoms with Gasteiger partial charge in [-0.1, -0.05) is 24.9 Å². The molecule has 28 heavy (non-hydrogen) atoms. The number of piperazine rings is 1. The molecule has 0 bridgehead atoms. The van der Waals surface area contributed by atoms with Crippen molar-refractivity contribution >= 4 is 29.5 Å². The van der Waals surface area contributed by atoms with Gasteiger partial charge in [-0.25, -0.2) is 0 Å². The molecule has 1 aromatic rings. The summed E-state index contributed by atoms with van der Waals surface area (Å²) in [6.07, 6.45) is 7.64. The molecular formula is C20H30ClN5O2. The monoisotopic (exact) mass is 407 g/mol. The molecule has 1 saturated carbocycles. The smallest absolute Gasteiger partial charge is 0.246 e. The van der Waals surface area contributed by atoms with Gasteiger partial charge in [0, 0.05) is 50.4 Å². The van der Waals surface area contributed by atoms with E-state index in [9.17, 15) is 9.59 Å². The van der Waals surface area contributed by atoms with Gasteiger partial charge in [0.15, 0.2) is 0 Å². The number of hydrogen-bond donors (Lipinski definition) is 1. The third kappa shape index (κ3) is 5.58. The van der Waals surface area contributed by atoms with Crippen LogP contribution in [-0.4, -0.2) is 70.2 Å². The molecule has 7 nitrogen and oxygen atoms in total. The van der Waals surface area contributed by atoms with Gasteiger partial charge < -0.3 is 10.2 Å². The van der Waals surface area contributed by atoms with Crippen LogP contribution in [0.5, 0.6) is 0 Å². The lowest BCUT2D eigenvalue weighted by atomic mass is 10.2. The zero-order valence-electron chi connectivity index (χ0n) is 16.8. The Morgan fingerprint density at radius 2 is 1.96 bits per heavy atom. The second kappa shape index (κ2) is 9.56. The molecule has 1 saturated heterocycles. The van der Waals surface area contributed by atoms with Gasteiger partial charge in [0.25, 0.3) is 0 Å². The molecule has 2 amide bonds. The van der Waals surface area contributed by atoms with Crippen molar-refractivity contribution in [2.45, 2.75) is 52.1 Å². The second-order valence-corrected chi connectivity index (χ2v) is 8.00. The topological polar surface area (TPSA) is 70.5 Å². The maximum Gasteiger partial charge on any atom is 0.246 e. The molecule has 3 rings (SSSR count). The molecular weight excluding hydrogens is 378 g/mol. The van der Waals surface area contributed by atoms with E-state index in [0.717, 1.165) is 43.5 Å². The van der Waals surface area contributed by atoms with Crippen molar-refractivity contribution in [3.8, 4) is 0 Å². The average Bonchev–Trinajstić information content (AvgIpc) is 3.44. The quantitative estimate of drug-likeness (QED) is 0.670. The Balaban J connectivity index is 1.48. The van der Waals surface area contributed by atoms with E-state index in [1.165, 1.54) is 0 Å². The number of aryl methyl sites for hydroxylation is 2. The van der Waals surface area contributed by atoms with Crippen LogP contribution in [0.25, 0.3) is 6.08 Å². The average molecular weight is 408 g/mol. The van der Waals surface area contributed by atoms with E-state index >= 15 is 0 Å². The Morgan fingerprint density at radius 3 is 2.61 bits per heavy atom. The van der Waals surface area contributed by atoms with Crippen LogP contribution in [0.4, 0.5) is 0 Å². The molecule has 2 aliphatic rings. The molecule has 0 atom stereocenters. The maximum atomic E-state index is 12.5. The summed E-state index contributed by atoms with van der Waals surface area (Å²) >= 11 is 6.42. The molecule has 1 aliphatic heterocycles. The van der Waals surface area contributed by atoms with Crippen LogP contribution in [0.2, 0.25) is 5.15 Å². The van der Waals surface area contributed by atoms with Crippen molar-refractivity contribution in [1.29, 1.82) is 0 Å². The Morgan fingerprint density at radius 1 is 1.25 bits per heavy atom. The molecule has 0 spiro atoms. The fraction of sp³-hybridized carbons (Fsp3) is 0.650. The molecule has 2 fully saturated rings. The van der Waals surface area contributed by atoms with Crippen LogP contribution in [0.1, 0.15) is 43.9 Å². The zero-order valence-corrected chi connectivity index (χ0v) is 17.5. The maximum absolute atomic E-state index is 12.5. The zero-order chi connectivity index (χ0) is 20.1. The summed E-state index contributed by atoms with van der Waals surface area (Å²) in [5, 5.41) is 8.06. The summed E-state index contributed by atoms with van der Waals surface area (Å²) in [4.78, 5) is 28.3. The Hall–Kier alpha value is -1.86. The van der Waals surface area contributed by atoms with Crippen LogP contribution < -0.4 is 5.32 Å². The number of halogens is 1. The Bertz CT molecular complexity index is 733. The minimum Gasteiger partial charge on any atom is -0.352 e.